The summed E-state index contributed by atoms with van der Waals surface area (Å²) < 4.78 is 72.0. The average molecular weight is 1370 g/mol. The summed E-state index contributed by atoms with van der Waals surface area (Å²) in [5.41, 5.74) is 3.65. The molecule has 16 heteroatoms. The molecule has 1 N–H and O–H groups in total. The van der Waals surface area contributed by atoms with E-state index in [2.05, 4.69) is 92.1 Å². The Bertz CT molecular complexity index is 3190. The van der Waals surface area contributed by atoms with Crippen LogP contribution < -0.4 is 15.1 Å². The third-order valence-electron chi connectivity index (χ3n) is 20.1. The topological polar surface area (TPSA) is 156 Å². The molecular formula is C81H114O14Si2. The summed E-state index contributed by atoms with van der Waals surface area (Å²) in [5, 5.41) is 1.45. The predicted molar refractivity (Wildman–Crippen MR) is 392 cm³/mol. The Balaban J connectivity index is 1.12. The normalized spacial score (nSPS) is 23.1. The third kappa shape index (κ3) is 22.1. The van der Waals surface area contributed by atoms with E-state index in [1.54, 1.807) is 20.3 Å². The molecular weight excluding hydrogens is 1250 g/mol. The van der Waals surface area contributed by atoms with Crippen LogP contribution in [-0.4, -0.2) is 122 Å². The van der Waals surface area contributed by atoms with E-state index >= 15 is 0 Å². The highest BCUT2D eigenvalue weighted by atomic mass is 28.4. The van der Waals surface area contributed by atoms with Crippen LogP contribution in [-0.2, 0) is 69.9 Å². The highest BCUT2D eigenvalue weighted by Crippen LogP contribution is 2.50. The summed E-state index contributed by atoms with van der Waals surface area (Å²) in [5.74, 6) is -2.19. The number of ether oxygens (including phenoxy) is 10. The smallest absolute Gasteiger partial charge is 0.331 e. The van der Waals surface area contributed by atoms with Gasteiger partial charge in [0.05, 0.1) is 76.3 Å². The van der Waals surface area contributed by atoms with E-state index in [1.165, 1.54) is 19.3 Å². The van der Waals surface area contributed by atoms with Crippen LogP contribution in [0.2, 0.25) is 23.2 Å². The predicted octanol–water partition coefficient (Wildman–Crippen LogP) is 16.3. The Kier molecular flexibility index (Phi) is 29.5. The van der Waals surface area contributed by atoms with Crippen LogP contribution in [0.25, 0.3) is 0 Å². The molecule has 3 aliphatic rings. The molecule has 0 saturated carbocycles. The molecule has 1 unspecified atom stereocenters. The number of carbonyl (C=O) groups excluding carboxylic acids is 2. The zero-order chi connectivity index (χ0) is 70.4. The fourth-order valence-corrected chi connectivity index (χ4v) is 18.6. The van der Waals surface area contributed by atoms with Crippen molar-refractivity contribution in [1.29, 1.82) is 0 Å². The summed E-state index contributed by atoms with van der Waals surface area (Å²) in [7, 11) is -1.14. The minimum atomic E-state index is -3.23. The molecule has 0 radical (unpaired) electrons. The van der Waals surface area contributed by atoms with E-state index in [9.17, 15) is 14.4 Å². The minimum absolute atomic E-state index is 0.0361. The average Bonchev–Trinajstić information content (AvgIpc) is 0.742. The highest BCUT2D eigenvalue weighted by molar-refractivity contribution is 6.98. The Labute approximate surface area is 583 Å². The van der Waals surface area contributed by atoms with Gasteiger partial charge in [0.2, 0.25) is 5.79 Å². The zero-order valence-corrected chi connectivity index (χ0v) is 62.7. The maximum Gasteiger partial charge on any atom is 0.331 e. The second-order valence-corrected chi connectivity index (χ2v) is 38.2. The van der Waals surface area contributed by atoms with Crippen molar-refractivity contribution in [3.63, 3.8) is 0 Å². The summed E-state index contributed by atoms with van der Waals surface area (Å²) in [4.78, 5) is 40.6. The van der Waals surface area contributed by atoms with Crippen molar-refractivity contribution in [3.05, 3.63) is 199 Å². The van der Waals surface area contributed by atoms with E-state index in [0.717, 1.165) is 76.9 Å². The van der Waals surface area contributed by atoms with Gasteiger partial charge in [-0.1, -0.05) is 226 Å². The van der Waals surface area contributed by atoms with Crippen LogP contribution in [0, 0.1) is 5.41 Å². The standard InChI is InChI=1S/C81H114O14Si2/c1-17-18-19-20-30-39-75(82)93-77-64(52-76(83)86-13)51-71(55-74(95-96(15,16)78(5,6)7)61(4)90-58-88-56-62-32-24-21-25-33-62)94-81(77,87-14)79(8,9)46-44-67-47-59(2)48-69(91-67)54-70-50-60(3)49-68(92-70)53-66(89-57-63-40-42-65(85-12)43-41-63)34-31-45-80(10,11)97(84,72-35-26-22-27-36-72)73-37-28-23-29-38-73/h19-30,32-33,35-44,46,52,61,66-71,74,77,84H,2-3,17-18,31,34,45,47-51,53-58H2,1,4-16H3/b20-19+,39-30+,46-44+,64-52+/t61-,66+,67+,68?,69+,70-,71+,74-,77+,81-/m1/s1. The van der Waals surface area contributed by atoms with Gasteiger partial charge in [-0.3, -0.25) is 0 Å². The van der Waals surface area contributed by atoms with Crippen molar-refractivity contribution in [2.24, 2.45) is 5.41 Å². The monoisotopic (exact) mass is 1370 g/mol. The van der Waals surface area contributed by atoms with Gasteiger partial charge in [-0.2, -0.15) is 0 Å². The molecule has 4 aromatic carbocycles. The summed E-state index contributed by atoms with van der Waals surface area (Å²) >= 11 is 0. The van der Waals surface area contributed by atoms with Gasteiger partial charge >= 0.3 is 11.9 Å². The van der Waals surface area contributed by atoms with Crippen LogP contribution in [0.4, 0.5) is 0 Å². The molecule has 3 saturated heterocycles. The maximum atomic E-state index is 14.1. The van der Waals surface area contributed by atoms with Crippen molar-refractivity contribution >= 4 is 38.9 Å². The fourth-order valence-electron chi connectivity index (χ4n) is 13.5. The first-order valence-electron chi connectivity index (χ1n) is 35.0. The molecule has 0 amide bonds. The number of carbonyl (C=O) groups is 2. The highest BCUT2D eigenvalue weighted by Gasteiger charge is 2.60. The number of esters is 2. The maximum absolute atomic E-state index is 14.1. The molecule has 3 heterocycles. The minimum Gasteiger partial charge on any atom is -0.497 e. The molecule has 530 valence electrons. The number of rotatable bonds is 35. The lowest BCUT2D eigenvalue weighted by atomic mass is 9.73. The Morgan fingerprint density at radius 1 is 0.722 bits per heavy atom. The van der Waals surface area contributed by atoms with Crippen LogP contribution in [0.3, 0.4) is 0 Å². The van der Waals surface area contributed by atoms with Gasteiger partial charge in [-0.15, -0.1) is 0 Å². The van der Waals surface area contributed by atoms with Crippen LogP contribution in [0.15, 0.2) is 188 Å². The molecule has 0 bridgehead atoms. The van der Waals surface area contributed by atoms with Gasteiger partial charge in [0.1, 0.15) is 12.5 Å². The number of allylic oxidation sites excluding steroid dienone is 3. The van der Waals surface area contributed by atoms with Gasteiger partial charge in [-0.05, 0) is 121 Å². The number of hydrogen-bond acceptors (Lipinski definition) is 14. The van der Waals surface area contributed by atoms with Gasteiger partial charge in [0.25, 0.3) is 8.32 Å². The molecule has 0 aliphatic carbocycles. The second-order valence-electron chi connectivity index (χ2n) is 29.5. The Hall–Kier alpha value is -5.87. The number of hydrogen-bond donors (Lipinski definition) is 1. The van der Waals surface area contributed by atoms with Crippen LogP contribution in [0.1, 0.15) is 157 Å². The van der Waals surface area contributed by atoms with E-state index < -0.39 is 69.2 Å². The molecule has 4 aromatic rings. The lowest BCUT2D eigenvalue weighted by molar-refractivity contribution is -0.338. The van der Waals surface area contributed by atoms with Gasteiger partial charge in [0, 0.05) is 43.9 Å². The molecule has 0 spiro atoms. The van der Waals surface area contributed by atoms with E-state index in [-0.39, 0.29) is 48.8 Å². The molecule has 14 nitrogen and oxygen atoms in total. The van der Waals surface area contributed by atoms with E-state index in [1.807, 2.05) is 136 Å². The van der Waals surface area contributed by atoms with Gasteiger partial charge < -0.3 is 56.6 Å². The molecule has 97 heavy (non-hydrogen) atoms. The first kappa shape index (κ1) is 78.5. The van der Waals surface area contributed by atoms with Crippen LogP contribution >= 0.6 is 0 Å². The molecule has 7 rings (SSSR count). The summed E-state index contributed by atoms with van der Waals surface area (Å²) in [6, 6.07) is 38.4. The van der Waals surface area contributed by atoms with Crippen molar-refractivity contribution in [1.82, 2.24) is 0 Å². The number of methoxy groups -OCH3 is 3. The zero-order valence-electron chi connectivity index (χ0n) is 60.7. The summed E-state index contributed by atoms with van der Waals surface area (Å²) in [6.07, 6.45) is 17.2. The Morgan fingerprint density at radius 2 is 1.33 bits per heavy atom. The van der Waals surface area contributed by atoms with E-state index in [4.69, 9.17) is 51.8 Å². The van der Waals surface area contributed by atoms with Crippen molar-refractivity contribution < 1.29 is 66.2 Å². The van der Waals surface area contributed by atoms with E-state index in [0.29, 0.717) is 57.3 Å². The molecule has 0 aromatic heterocycles. The molecule has 3 aliphatic heterocycles. The Morgan fingerprint density at radius 3 is 1.94 bits per heavy atom. The van der Waals surface area contributed by atoms with Gasteiger partial charge in [-0.25, -0.2) is 9.59 Å². The van der Waals surface area contributed by atoms with Crippen molar-refractivity contribution in [3.8, 4) is 5.75 Å². The first-order valence-corrected chi connectivity index (χ1v) is 39.9. The third-order valence-corrected chi connectivity index (χ3v) is 29.1. The number of benzene rings is 4. The largest absolute Gasteiger partial charge is 0.497 e. The lowest BCUT2D eigenvalue weighted by Gasteiger charge is -2.53. The lowest BCUT2D eigenvalue weighted by Crippen LogP contribution is -2.65. The van der Waals surface area contributed by atoms with Crippen molar-refractivity contribution in [2.45, 2.75) is 243 Å². The van der Waals surface area contributed by atoms with Crippen LogP contribution in [0.5, 0.6) is 5.75 Å². The quantitative estimate of drug-likeness (QED) is 0.00883. The second kappa shape index (κ2) is 36.5. The van der Waals surface area contributed by atoms with Gasteiger partial charge in [0.15, 0.2) is 14.4 Å². The summed E-state index contributed by atoms with van der Waals surface area (Å²) in [6.45, 7) is 33.5. The molecule has 3 fully saturated rings. The fraction of sp³-hybridized carbons (Fsp3) is 0.531. The first-order chi connectivity index (χ1) is 46.1. The number of unbranched alkanes of at least 4 members (excludes halogenated alkanes) is 1. The molecule has 10 atom stereocenters. The van der Waals surface area contributed by atoms with Crippen molar-refractivity contribution in [2.75, 3.05) is 28.1 Å². The SMILES string of the molecule is C=C1CC(C[C@H](CCCC(C)(C)[Si](O)(c2ccccc2)c2ccccc2)OCc2ccc(OC)cc2)O[C@@H](C[C@@H]2CC(=C)C[C@H](/C=C/C(C)(C)[C@]3(OC)O[C@H](C[C@@H](O[Si](C)(C)C(C)(C)C)[C@@H](C)OCOCc4ccccc4)C/C(=C\C(=O)OC)[C@@H]3OC(=O)/C=C/C=C/CCC)O2)C1.